The molecule has 0 radical (unpaired) electrons. The van der Waals surface area contributed by atoms with Gasteiger partial charge in [-0.1, -0.05) is 13.3 Å². The molecule has 0 saturated heterocycles. The van der Waals surface area contributed by atoms with Crippen molar-refractivity contribution >= 4 is 5.97 Å². The SMILES string of the molecule is CCC1(Cn2cc(C(=O)O)ccc2=O)CCC1. The first-order valence-corrected chi connectivity index (χ1v) is 6.00. The Labute approximate surface area is 99.9 Å². The van der Waals surface area contributed by atoms with Gasteiger partial charge < -0.3 is 9.67 Å². The highest BCUT2D eigenvalue weighted by atomic mass is 16.4. The average molecular weight is 235 g/mol. The second kappa shape index (κ2) is 4.35. The van der Waals surface area contributed by atoms with E-state index in [1.165, 1.54) is 24.8 Å². The molecule has 1 saturated carbocycles. The highest BCUT2D eigenvalue weighted by Gasteiger charge is 2.35. The fourth-order valence-corrected chi connectivity index (χ4v) is 2.44. The first-order valence-electron chi connectivity index (χ1n) is 6.00. The Morgan fingerprint density at radius 3 is 2.65 bits per heavy atom. The van der Waals surface area contributed by atoms with E-state index in [2.05, 4.69) is 6.92 Å². The van der Waals surface area contributed by atoms with Crippen LogP contribution in [0.4, 0.5) is 0 Å². The molecule has 4 heteroatoms. The number of nitrogens with zero attached hydrogens (tertiary/aromatic N) is 1. The zero-order valence-electron chi connectivity index (χ0n) is 9.98. The van der Waals surface area contributed by atoms with Crippen LogP contribution in [-0.4, -0.2) is 15.6 Å². The summed E-state index contributed by atoms with van der Waals surface area (Å²) in [6.45, 7) is 2.77. The molecule has 0 atom stereocenters. The lowest BCUT2D eigenvalue weighted by Gasteiger charge is -2.41. The zero-order chi connectivity index (χ0) is 12.5. The number of carboxylic acids is 1. The number of carboxylic acid groups (broad SMARTS) is 1. The molecule has 0 unspecified atom stereocenters. The molecule has 1 aromatic heterocycles. The molecule has 0 spiro atoms. The molecule has 1 aliphatic rings. The summed E-state index contributed by atoms with van der Waals surface area (Å²) in [5.41, 5.74) is 0.269. The Kier molecular flexibility index (Phi) is 3.05. The molecular formula is C13H17NO3. The Balaban J connectivity index is 2.28. The Morgan fingerprint density at radius 1 is 1.47 bits per heavy atom. The third-order valence-corrected chi connectivity index (χ3v) is 3.90. The molecule has 17 heavy (non-hydrogen) atoms. The highest BCUT2D eigenvalue weighted by Crippen LogP contribution is 2.44. The molecule has 2 rings (SSSR count). The quantitative estimate of drug-likeness (QED) is 0.869. The summed E-state index contributed by atoms with van der Waals surface area (Å²) in [4.78, 5) is 22.6. The molecule has 92 valence electrons. The first-order chi connectivity index (χ1) is 8.06. The standard InChI is InChI=1S/C13H17NO3/c1-2-13(6-3-7-13)9-14-8-10(12(16)17)4-5-11(14)15/h4-5,8H,2-3,6-7,9H2,1H3,(H,16,17). The van der Waals surface area contributed by atoms with Gasteiger partial charge in [0.1, 0.15) is 0 Å². The van der Waals surface area contributed by atoms with Crippen LogP contribution in [0.1, 0.15) is 43.0 Å². The number of aromatic carboxylic acids is 1. The number of pyridine rings is 1. The maximum atomic E-state index is 11.7. The highest BCUT2D eigenvalue weighted by molar-refractivity contribution is 5.87. The van der Waals surface area contributed by atoms with Gasteiger partial charge in [0, 0.05) is 18.8 Å². The van der Waals surface area contributed by atoms with Gasteiger partial charge in [0.2, 0.25) is 0 Å². The molecule has 1 aromatic rings. The van der Waals surface area contributed by atoms with Gasteiger partial charge in [-0.3, -0.25) is 4.79 Å². The van der Waals surface area contributed by atoms with E-state index in [0.29, 0.717) is 6.54 Å². The van der Waals surface area contributed by atoms with Crippen LogP contribution in [0.5, 0.6) is 0 Å². The smallest absolute Gasteiger partial charge is 0.337 e. The summed E-state index contributed by atoms with van der Waals surface area (Å²) in [5, 5.41) is 8.91. The van der Waals surface area contributed by atoms with Crippen molar-refractivity contribution < 1.29 is 9.90 Å². The molecule has 0 aromatic carbocycles. The van der Waals surface area contributed by atoms with Gasteiger partial charge in [0.25, 0.3) is 5.56 Å². The molecule has 1 N–H and O–H groups in total. The van der Waals surface area contributed by atoms with Crippen LogP contribution in [0, 0.1) is 5.41 Å². The predicted molar refractivity (Wildman–Crippen MR) is 64.2 cm³/mol. The topological polar surface area (TPSA) is 59.3 Å². The maximum absolute atomic E-state index is 11.7. The van der Waals surface area contributed by atoms with Crippen molar-refractivity contribution in [2.75, 3.05) is 0 Å². The monoisotopic (exact) mass is 235 g/mol. The third-order valence-electron chi connectivity index (χ3n) is 3.90. The van der Waals surface area contributed by atoms with E-state index in [4.69, 9.17) is 5.11 Å². The van der Waals surface area contributed by atoms with Crippen molar-refractivity contribution in [2.45, 2.75) is 39.2 Å². The van der Waals surface area contributed by atoms with Gasteiger partial charge in [0.05, 0.1) is 5.56 Å². The number of hydrogen-bond acceptors (Lipinski definition) is 2. The fraction of sp³-hybridized carbons (Fsp3) is 0.538. The number of carbonyl (C=O) groups is 1. The van der Waals surface area contributed by atoms with Crippen LogP contribution in [-0.2, 0) is 6.54 Å². The second-order valence-corrected chi connectivity index (χ2v) is 4.90. The van der Waals surface area contributed by atoms with Crippen LogP contribution in [0.3, 0.4) is 0 Å². The van der Waals surface area contributed by atoms with Crippen LogP contribution < -0.4 is 5.56 Å². The molecule has 0 bridgehead atoms. The van der Waals surface area contributed by atoms with E-state index in [-0.39, 0.29) is 16.5 Å². The summed E-state index contributed by atoms with van der Waals surface area (Å²) in [6, 6.07) is 2.70. The van der Waals surface area contributed by atoms with Crippen molar-refractivity contribution in [2.24, 2.45) is 5.41 Å². The molecule has 1 heterocycles. The summed E-state index contributed by atoms with van der Waals surface area (Å²) in [7, 11) is 0. The van der Waals surface area contributed by atoms with Gasteiger partial charge in [-0.25, -0.2) is 4.79 Å². The third kappa shape index (κ3) is 2.25. The lowest BCUT2D eigenvalue weighted by molar-refractivity contribution is 0.0692. The van der Waals surface area contributed by atoms with Crippen molar-refractivity contribution in [3.63, 3.8) is 0 Å². The lowest BCUT2D eigenvalue weighted by atomic mass is 9.67. The van der Waals surface area contributed by atoms with Crippen molar-refractivity contribution in [3.8, 4) is 0 Å². The largest absolute Gasteiger partial charge is 0.478 e. The number of rotatable bonds is 4. The Hall–Kier alpha value is -1.58. The van der Waals surface area contributed by atoms with E-state index < -0.39 is 5.97 Å². The van der Waals surface area contributed by atoms with Crippen molar-refractivity contribution in [1.29, 1.82) is 0 Å². The summed E-state index contributed by atoms with van der Waals surface area (Å²) < 4.78 is 1.55. The van der Waals surface area contributed by atoms with Crippen LogP contribution in [0.15, 0.2) is 23.1 Å². The molecule has 1 aliphatic carbocycles. The summed E-state index contributed by atoms with van der Waals surface area (Å²) in [5.74, 6) is -0.988. The number of aromatic nitrogens is 1. The molecule has 0 amide bonds. The second-order valence-electron chi connectivity index (χ2n) is 4.90. The van der Waals surface area contributed by atoms with E-state index in [9.17, 15) is 9.59 Å². The summed E-state index contributed by atoms with van der Waals surface area (Å²) in [6.07, 6.45) is 5.97. The van der Waals surface area contributed by atoms with Crippen LogP contribution in [0.25, 0.3) is 0 Å². The molecule has 1 fully saturated rings. The minimum atomic E-state index is -0.988. The van der Waals surface area contributed by atoms with Crippen LogP contribution >= 0.6 is 0 Å². The predicted octanol–water partition coefficient (Wildman–Crippen LogP) is 2.13. The van der Waals surface area contributed by atoms with E-state index in [1.807, 2.05) is 0 Å². The Bertz CT molecular complexity index is 480. The first kappa shape index (κ1) is 11.9. The van der Waals surface area contributed by atoms with E-state index >= 15 is 0 Å². The van der Waals surface area contributed by atoms with Crippen molar-refractivity contribution in [1.82, 2.24) is 4.57 Å². The minimum Gasteiger partial charge on any atom is -0.478 e. The van der Waals surface area contributed by atoms with Gasteiger partial charge in [-0.05, 0) is 30.7 Å². The zero-order valence-corrected chi connectivity index (χ0v) is 9.98. The van der Waals surface area contributed by atoms with Gasteiger partial charge in [0.15, 0.2) is 0 Å². The lowest BCUT2D eigenvalue weighted by Crippen LogP contribution is -2.37. The van der Waals surface area contributed by atoms with Gasteiger partial charge in [-0.2, -0.15) is 0 Å². The molecule has 0 aliphatic heterocycles. The van der Waals surface area contributed by atoms with E-state index in [0.717, 1.165) is 19.3 Å². The molecular weight excluding hydrogens is 218 g/mol. The van der Waals surface area contributed by atoms with Crippen LogP contribution in [0.2, 0.25) is 0 Å². The molecule has 4 nitrogen and oxygen atoms in total. The van der Waals surface area contributed by atoms with Gasteiger partial charge >= 0.3 is 5.97 Å². The van der Waals surface area contributed by atoms with E-state index in [1.54, 1.807) is 4.57 Å². The average Bonchev–Trinajstić information content (AvgIpc) is 2.25. The normalized spacial score (nSPS) is 17.5. The van der Waals surface area contributed by atoms with Gasteiger partial charge in [-0.15, -0.1) is 0 Å². The van der Waals surface area contributed by atoms with Crippen molar-refractivity contribution in [3.05, 3.63) is 34.2 Å². The fourth-order valence-electron chi connectivity index (χ4n) is 2.44. The Morgan fingerprint density at radius 2 is 2.18 bits per heavy atom. The minimum absolute atomic E-state index is 0.116. The number of hydrogen-bond donors (Lipinski definition) is 1. The maximum Gasteiger partial charge on any atom is 0.337 e. The summed E-state index contributed by atoms with van der Waals surface area (Å²) >= 11 is 0.